The summed E-state index contributed by atoms with van der Waals surface area (Å²) in [7, 11) is -3.49. The summed E-state index contributed by atoms with van der Waals surface area (Å²) in [6.45, 7) is 4.60. The first-order valence-corrected chi connectivity index (χ1v) is 8.38. The Morgan fingerprint density at radius 3 is 2.25 bits per heavy atom. The van der Waals surface area contributed by atoms with Gasteiger partial charge in [0.1, 0.15) is 4.75 Å². The maximum absolute atomic E-state index is 12.4. The van der Waals surface area contributed by atoms with Crippen molar-refractivity contribution in [2.24, 2.45) is 0 Å². The number of rotatable bonds is 4. The first kappa shape index (κ1) is 16.9. The number of amides is 1. The summed E-state index contributed by atoms with van der Waals surface area (Å²) in [5, 5.41) is 8.77. The smallest absolute Gasteiger partial charge is 0.317 e. The summed E-state index contributed by atoms with van der Waals surface area (Å²) >= 11 is 0. The van der Waals surface area contributed by atoms with Crippen molar-refractivity contribution in [3.05, 3.63) is 0 Å². The monoisotopic (exact) mass is 306 g/mol. The molecule has 20 heavy (non-hydrogen) atoms. The zero-order valence-corrected chi connectivity index (χ0v) is 12.9. The topological polar surface area (TPSA) is 95.0 Å². The standard InChI is InChI=1S/C12H22N2O5S/c1-12(2,20(3,18)19)11(17)14-6-4-5-13(7-8-14)9-10(15)16/h4-9H2,1-3H3,(H,15,16). The van der Waals surface area contributed by atoms with Crippen LogP contribution in [0.2, 0.25) is 0 Å². The second-order valence-electron chi connectivity index (χ2n) is 5.60. The van der Waals surface area contributed by atoms with Gasteiger partial charge in [-0.2, -0.15) is 0 Å². The van der Waals surface area contributed by atoms with Gasteiger partial charge in [-0.1, -0.05) is 0 Å². The van der Waals surface area contributed by atoms with Crippen molar-refractivity contribution >= 4 is 21.7 Å². The van der Waals surface area contributed by atoms with Crippen LogP contribution in [0.15, 0.2) is 0 Å². The Kier molecular flexibility index (Phi) is 5.15. The molecule has 116 valence electrons. The minimum atomic E-state index is -3.49. The third kappa shape index (κ3) is 3.92. The molecule has 0 saturated carbocycles. The molecule has 0 radical (unpaired) electrons. The lowest BCUT2D eigenvalue weighted by atomic mass is 10.1. The summed E-state index contributed by atoms with van der Waals surface area (Å²) in [5.41, 5.74) is 0. The van der Waals surface area contributed by atoms with Crippen molar-refractivity contribution in [3.63, 3.8) is 0 Å². The number of carbonyl (C=O) groups excluding carboxylic acids is 1. The van der Waals surface area contributed by atoms with Gasteiger partial charge in [-0.05, 0) is 20.3 Å². The van der Waals surface area contributed by atoms with Crippen LogP contribution in [0.25, 0.3) is 0 Å². The van der Waals surface area contributed by atoms with Crippen LogP contribution in [-0.2, 0) is 19.4 Å². The van der Waals surface area contributed by atoms with E-state index in [1.54, 1.807) is 4.90 Å². The molecule has 0 aliphatic carbocycles. The Morgan fingerprint density at radius 1 is 1.15 bits per heavy atom. The van der Waals surface area contributed by atoms with Crippen LogP contribution in [0.1, 0.15) is 20.3 Å². The van der Waals surface area contributed by atoms with Crippen molar-refractivity contribution in [1.29, 1.82) is 0 Å². The first-order valence-electron chi connectivity index (χ1n) is 6.49. The van der Waals surface area contributed by atoms with Gasteiger partial charge < -0.3 is 10.0 Å². The molecule has 0 aromatic carbocycles. The number of sulfone groups is 1. The summed E-state index contributed by atoms with van der Waals surface area (Å²) in [6, 6.07) is 0. The van der Waals surface area contributed by atoms with E-state index in [-0.39, 0.29) is 6.54 Å². The van der Waals surface area contributed by atoms with E-state index in [9.17, 15) is 18.0 Å². The molecule has 1 N–H and O–H groups in total. The number of hydrogen-bond donors (Lipinski definition) is 1. The average molecular weight is 306 g/mol. The van der Waals surface area contributed by atoms with Gasteiger partial charge in [0.2, 0.25) is 5.91 Å². The highest BCUT2D eigenvalue weighted by atomic mass is 32.2. The number of aliphatic carboxylic acids is 1. The molecule has 8 heteroatoms. The van der Waals surface area contributed by atoms with E-state index < -0.39 is 26.5 Å². The highest BCUT2D eigenvalue weighted by Crippen LogP contribution is 2.19. The maximum Gasteiger partial charge on any atom is 0.317 e. The van der Waals surface area contributed by atoms with Gasteiger partial charge in [-0.25, -0.2) is 8.42 Å². The molecule has 0 atom stereocenters. The number of carbonyl (C=O) groups is 2. The summed E-state index contributed by atoms with van der Waals surface area (Å²) < 4.78 is 21.9. The Labute approximate surface area is 119 Å². The molecular formula is C12H22N2O5S. The number of carboxylic acids is 1. The fraction of sp³-hybridized carbons (Fsp3) is 0.833. The maximum atomic E-state index is 12.4. The van der Waals surface area contributed by atoms with Gasteiger partial charge in [-0.3, -0.25) is 14.5 Å². The molecule has 1 aliphatic heterocycles. The van der Waals surface area contributed by atoms with Gasteiger partial charge in [0.05, 0.1) is 6.54 Å². The number of carboxylic acid groups (broad SMARTS) is 1. The lowest BCUT2D eigenvalue weighted by molar-refractivity contribution is -0.138. The van der Waals surface area contributed by atoms with E-state index in [0.717, 1.165) is 6.26 Å². The molecule has 1 heterocycles. The van der Waals surface area contributed by atoms with E-state index in [0.29, 0.717) is 32.6 Å². The minimum absolute atomic E-state index is 0.0580. The lowest BCUT2D eigenvalue weighted by Crippen LogP contribution is -2.50. The van der Waals surface area contributed by atoms with Gasteiger partial charge >= 0.3 is 5.97 Å². The zero-order valence-electron chi connectivity index (χ0n) is 12.1. The average Bonchev–Trinajstić information content (AvgIpc) is 2.51. The summed E-state index contributed by atoms with van der Waals surface area (Å²) in [4.78, 5) is 26.3. The second-order valence-corrected chi connectivity index (χ2v) is 8.16. The van der Waals surface area contributed by atoms with Crippen LogP contribution < -0.4 is 0 Å². The van der Waals surface area contributed by atoms with E-state index in [4.69, 9.17) is 5.11 Å². The Bertz CT molecular complexity index is 486. The van der Waals surface area contributed by atoms with Gasteiger partial charge in [0, 0.05) is 32.4 Å². The Hall–Kier alpha value is -1.15. The van der Waals surface area contributed by atoms with Crippen LogP contribution >= 0.6 is 0 Å². The number of nitrogens with zero attached hydrogens (tertiary/aromatic N) is 2. The highest BCUT2D eigenvalue weighted by Gasteiger charge is 2.41. The van der Waals surface area contributed by atoms with E-state index >= 15 is 0 Å². The van der Waals surface area contributed by atoms with E-state index in [1.807, 2.05) is 0 Å². The van der Waals surface area contributed by atoms with E-state index in [1.165, 1.54) is 18.7 Å². The molecule has 1 saturated heterocycles. The van der Waals surface area contributed by atoms with Gasteiger partial charge in [-0.15, -0.1) is 0 Å². The molecule has 7 nitrogen and oxygen atoms in total. The van der Waals surface area contributed by atoms with Crippen LogP contribution in [0.4, 0.5) is 0 Å². The summed E-state index contributed by atoms with van der Waals surface area (Å²) in [5.74, 6) is -1.32. The van der Waals surface area contributed by atoms with Crippen molar-refractivity contribution in [1.82, 2.24) is 9.80 Å². The molecule has 1 fully saturated rings. The van der Waals surface area contributed by atoms with Crippen molar-refractivity contribution in [2.75, 3.05) is 39.0 Å². The SMILES string of the molecule is CC(C)(C(=O)N1CCCN(CC(=O)O)CC1)S(C)(=O)=O. The normalized spacial score (nSPS) is 18.6. The van der Waals surface area contributed by atoms with Crippen molar-refractivity contribution < 1.29 is 23.1 Å². The fourth-order valence-corrected chi connectivity index (χ4v) is 2.51. The van der Waals surface area contributed by atoms with Crippen molar-refractivity contribution in [2.45, 2.75) is 25.0 Å². The second kappa shape index (κ2) is 6.09. The van der Waals surface area contributed by atoms with Crippen LogP contribution in [-0.4, -0.2) is 78.9 Å². The molecule has 0 aromatic rings. The largest absolute Gasteiger partial charge is 0.480 e. The molecule has 1 rings (SSSR count). The number of hydrogen-bond acceptors (Lipinski definition) is 5. The first-order chi connectivity index (χ1) is 9.05. The predicted octanol–water partition coefficient (Wildman–Crippen LogP) is -0.571. The Balaban J connectivity index is 2.75. The highest BCUT2D eigenvalue weighted by molar-refractivity contribution is 7.92. The molecular weight excluding hydrogens is 284 g/mol. The predicted molar refractivity (Wildman–Crippen MR) is 74.2 cm³/mol. The molecule has 0 aromatic heterocycles. The zero-order chi connectivity index (χ0) is 15.6. The molecule has 1 aliphatic rings. The van der Waals surface area contributed by atoms with E-state index in [2.05, 4.69) is 0 Å². The molecule has 1 amide bonds. The lowest BCUT2D eigenvalue weighted by Gasteiger charge is -2.29. The molecule has 0 unspecified atom stereocenters. The molecule has 0 spiro atoms. The third-order valence-electron chi connectivity index (χ3n) is 3.68. The minimum Gasteiger partial charge on any atom is -0.480 e. The fourth-order valence-electron chi connectivity index (χ4n) is 2.06. The van der Waals surface area contributed by atoms with Crippen molar-refractivity contribution in [3.8, 4) is 0 Å². The summed E-state index contributed by atoms with van der Waals surface area (Å²) in [6.07, 6.45) is 1.69. The Morgan fingerprint density at radius 2 is 1.75 bits per heavy atom. The van der Waals surface area contributed by atoms with Crippen LogP contribution in [0, 0.1) is 0 Å². The van der Waals surface area contributed by atoms with Gasteiger partial charge in [0.15, 0.2) is 9.84 Å². The van der Waals surface area contributed by atoms with Gasteiger partial charge in [0.25, 0.3) is 0 Å². The third-order valence-corrected chi connectivity index (χ3v) is 5.71. The molecule has 0 bridgehead atoms. The van der Waals surface area contributed by atoms with Crippen LogP contribution in [0.3, 0.4) is 0 Å². The van der Waals surface area contributed by atoms with Crippen LogP contribution in [0.5, 0.6) is 0 Å². The quantitative estimate of drug-likeness (QED) is 0.747.